The molecule has 0 bridgehead atoms. The molecule has 0 heterocycles. The maximum Gasteiger partial charge on any atom is 0.412 e. The molecule has 1 aliphatic carbocycles. The molecule has 0 radical (unpaired) electrons. The van der Waals surface area contributed by atoms with E-state index in [0.717, 1.165) is 0 Å². The van der Waals surface area contributed by atoms with E-state index in [1.54, 1.807) is 24.3 Å². The van der Waals surface area contributed by atoms with Gasteiger partial charge in [-0.15, -0.1) is 0 Å². The van der Waals surface area contributed by atoms with Crippen molar-refractivity contribution in [2.45, 2.75) is 32.1 Å². The molecule has 0 saturated heterocycles. The molecule has 0 atom stereocenters. The van der Waals surface area contributed by atoms with Gasteiger partial charge >= 0.3 is 6.09 Å². The van der Waals surface area contributed by atoms with Gasteiger partial charge in [-0.1, -0.05) is 30.9 Å². The minimum absolute atomic E-state index is 0.386. The number of carbonyl (C=O) groups is 1. The van der Waals surface area contributed by atoms with E-state index in [0.29, 0.717) is 23.2 Å². The summed E-state index contributed by atoms with van der Waals surface area (Å²) in [6, 6.07) is 6.77. The first kappa shape index (κ1) is 13.2. The number of halogens is 1. The van der Waals surface area contributed by atoms with Crippen molar-refractivity contribution >= 4 is 17.7 Å². The molecule has 1 aromatic carbocycles. The molecule has 0 spiro atoms. The molecule has 1 aliphatic rings. The van der Waals surface area contributed by atoms with Crippen molar-refractivity contribution in [1.29, 1.82) is 0 Å². The lowest BCUT2D eigenvalue weighted by molar-refractivity contribution is 0.196. The van der Waals surface area contributed by atoms with Crippen LogP contribution in [0, 0.1) is 5.92 Å². The summed E-state index contributed by atoms with van der Waals surface area (Å²) in [6.45, 7) is 0.715. The van der Waals surface area contributed by atoms with Crippen molar-refractivity contribution in [1.82, 2.24) is 5.32 Å². The minimum atomic E-state index is -0.386. The van der Waals surface area contributed by atoms with E-state index in [4.69, 9.17) is 16.3 Å². The summed E-state index contributed by atoms with van der Waals surface area (Å²) in [7, 11) is 0. The molecule has 1 N–H and O–H groups in total. The van der Waals surface area contributed by atoms with Crippen molar-refractivity contribution in [3.63, 3.8) is 0 Å². The number of nitrogens with one attached hydrogen (secondary N) is 1. The van der Waals surface area contributed by atoms with E-state index >= 15 is 0 Å². The van der Waals surface area contributed by atoms with Crippen LogP contribution in [-0.4, -0.2) is 12.6 Å². The van der Waals surface area contributed by atoms with Gasteiger partial charge in [0.25, 0.3) is 0 Å². The lowest BCUT2D eigenvalue weighted by atomic mass is 9.89. The predicted octanol–water partition coefficient (Wildman–Crippen LogP) is 4.01. The number of amides is 1. The molecular weight excluding hydrogens is 250 g/mol. The molecule has 1 amide bonds. The van der Waals surface area contributed by atoms with E-state index in [2.05, 4.69) is 5.32 Å². The first-order chi connectivity index (χ1) is 8.74. The predicted molar refractivity (Wildman–Crippen MR) is 72.1 cm³/mol. The molecule has 1 saturated carbocycles. The molecule has 0 aliphatic heterocycles. The maximum atomic E-state index is 11.6. The Kier molecular flexibility index (Phi) is 4.88. The van der Waals surface area contributed by atoms with Crippen LogP contribution in [0.2, 0.25) is 5.02 Å². The van der Waals surface area contributed by atoms with Gasteiger partial charge < -0.3 is 10.1 Å². The van der Waals surface area contributed by atoms with Crippen LogP contribution in [0.3, 0.4) is 0 Å². The van der Waals surface area contributed by atoms with E-state index in [-0.39, 0.29) is 6.09 Å². The van der Waals surface area contributed by atoms with Gasteiger partial charge in [0.1, 0.15) is 5.75 Å². The van der Waals surface area contributed by atoms with Crippen LogP contribution in [-0.2, 0) is 0 Å². The standard InChI is InChI=1S/C14H18ClNO2/c15-12-6-8-13(9-7-12)18-14(17)16-10-11-4-2-1-3-5-11/h6-9,11H,1-5,10H2,(H,16,17). The second-order valence-corrected chi connectivity index (χ2v) is 5.16. The van der Waals surface area contributed by atoms with Crippen molar-refractivity contribution < 1.29 is 9.53 Å². The number of benzene rings is 1. The summed E-state index contributed by atoms with van der Waals surface area (Å²) in [5.41, 5.74) is 0. The van der Waals surface area contributed by atoms with Crippen LogP contribution in [0.5, 0.6) is 5.75 Å². The van der Waals surface area contributed by atoms with Crippen LogP contribution < -0.4 is 10.1 Å². The van der Waals surface area contributed by atoms with Gasteiger partial charge in [0.15, 0.2) is 0 Å². The Hall–Kier alpha value is -1.22. The Bertz CT molecular complexity index is 385. The van der Waals surface area contributed by atoms with Gasteiger partial charge in [-0.2, -0.15) is 0 Å². The fourth-order valence-electron chi connectivity index (χ4n) is 2.26. The van der Waals surface area contributed by atoms with Crippen LogP contribution in [0.25, 0.3) is 0 Å². The minimum Gasteiger partial charge on any atom is -0.410 e. The third-order valence-corrected chi connectivity index (χ3v) is 3.54. The van der Waals surface area contributed by atoms with Crippen LogP contribution in [0.4, 0.5) is 4.79 Å². The maximum absolute atomic E-state index is 11.6. The van der Waals surface area contributed by atoms with Crippen molar-refractivity contribution in [3.05, 3.63) is 29.3 Å². The third kappa shape index (κ3) is 4.22. The third-order valence-electron chi connectivity index (χ3n) is 3.28. The topological polar surface area (TPSA) is 38.3 Å². The highest BCUT2D eigenvalue weighted by Gasteiger charge is 2.14. The summed E-state index contributed by atoms with van der Waals surface area (Å²) < 4.78 is 5.15. The van der Waals surface area contributed by atoms with Crippen molar-refractivity contribution in [2.75, 3.05) is 6.54 Å². The Labute approximate surface area is 112 Å². The monoisotopic (exact) mass is 267 g/mol. The molecule has 4 heteroatoms. The first-order valence-electron chi connectivity index (χ1n) is 6.45. The Morgan fingerprint density at radius 1 is 1.22 bits per heavy atom. The zero-order valence-corrected chi connectivity index (χ0v) is 11.1. The number of ether oxygens (including phenoxy) is 1. The van der Waals surface area contributed by atoms with E-state index in [9.17, 15) is 4.79 Å². The lowest BCUT2D eigenvalue weighted by Gasteiger charge is -2.21. The normalized spacial score (nSPS) is 16.3. The molecule has 1 aromatic rings. The van der Waals surface area contributed by atoms with E-state index in [1.807, 2.05) is 0 Å². The Morgan fingerprint density at radius 3 is 2.56 bits per heavy atom. The quantitative estimate of drug-likeness (QED) is 0.899. The first-order valence-corrected chi connectivity index (χ1v) is 6.83. The molecule has 98 valence electrons. The number of hydrogen-bond donors (Lipinski definition) is 1. The van der Waals surface area contributed by atoms with E-state index in [1.165, 1.54) is 32.1 Å². The average Bonchev–Trinajstić information content (AvgIpc) is 2.40. The number of hydrogen-bond acceptors (Lipinski definition) is 2. The second-order valence-electron chi connectivity index (χ2n) is 4.73. The summed E-state index contributed by atoms with van der Waals surface area (Å²) >= 11 is 5.75. The van der Waals surface area contributed by atoms with Gasteiger partial charge in [-0.25, -0.2) is 4.79 Å². The van der Waals surface area contributed by atoms with Crippen molar-refractivity contribution in [3.8, 4) is 5.75 Å². The highest BCUT2D eigenvalue weighted by atomic mass is 35.5. The number of carbonyl (C=O) groups excluding carboxylic acids is 1. The van der Waals surface area contributed by atoms with Crippen LogP contribution in [0.15, 0.2) is 24.3 Å². The Morgan fingerprint density at radius 2 is 1.89 bits per heavy atom. The molecule has 18 heavy (non-hydrogen) atoms. The molecule has 1 fully saturated rings. The average molecular weight is 268 g/mol. The Balaban J connectivity index is 1.73. The second kappa shape index (κ2) is 6.64. The summed E-state index contributed by atoms with van der Waals surface area (Å²) in [5, 5.41) is 3.45. The van der Waals surface area contributed by atoms with Gasteiger partial charge in [0.05, 0.1) is 0 Å². The van der Waals surface area contributed by atoms with Crippen LogP contribution in [0.1, 0.15) is 32.1 Å². The number of rotatable bonds is 3. The molecule has 0 aromatic heterocycles. The van der Waals surface area contributed by atoms with Gasteiger partial charge in [-0.3, -0.25) is 0 Å². The SMILES string of the molecule is O=C(NCC1CCCCC1)Oc1ccc(Cl)cc1. The largest absolute Gasteiger partial charge is 0.412 e. The summed E-state index contributed by atoms with van der Waals surface area (Å²) in [4.78, 5) is 11.6. The lowest BCUT2D eigenvalue weighted by Crippen LogP contribution is -2.32. The summed E-state index contributed by atoms with van der Waals surface area (Å²) in [5.74, 6) is 1.12. The van der Waals surface area contributed by atoms with Gasteiger partial charge in [0, 0.05) is 11.6 Å². The fourth-order valence-corrected chi connectivity index (χ4v) is 2.39. The zero-order chi connectivity index (χ0) is 12.8. The van der Waals surface area contributed by atoms with Crippen molar-refractivity contribution in [2.24, 2.45) is 5.92 Å². The summed E-state index contributed by atoms with van der Waals surface area (Å²) in [6.07, 6.45) is 5.91. The molecule has 2 rings (SSSR count). The highest BCUT2D eigenvalue weighted by Crippen LogP contribution is 2.22. The highest BCUT2D eigenvalue weighted by molar-refractivity contribution is 6.30. The van der Waals surface area contributed by atoms with E-state index < -0.39 is 0 Å². The van der Waals surface area contributed by atoms with Gasteiger partial charge in [0.2, 0.25) is 0 Å². The fraction of sp³-hybridized carbons (Fsp3) is 0.500. The van der Waals surface area contributed by atoms with Gasteiger partial charge in [-0.05, 0) is 43.0 Å². The van der Waals surface area contributed by atoms with Crippen LogP contribution >= 0.6 is 11.6 Å². The smallest absolute Gasteiger partial charge is 0.410 e. The molecule has 3 nitrogen and oxygen atoms in total. The molecular formula is C14H18ClNO2. The molecule has 0 unspecified atom stereocenters. The zero-order valence-electron chi connectivity index (χ0n) is 10.3.